The number of esters is 1. The first-order valence-corrected chi connectivity index (χ1v) is 7.30. The first kappa shape index (κ1) is 17.3. The summed E-state index contributed by atoms with van der Waals surface area (Å²) in [6.45, 7) is 1.10. The van der Waals surface area contributed by atoms with E-state index in [1.807, 2.05) is 0 Å². The van der Waals surface area contributed by atoms with Gasteiger partial charge in [0.25, 0.3) is 0 Å². The van der Waals surface area contributed by atoms with Crippen LogP contribution in [0.5, 0.6) is 0 Å². The molecular weight excluding hydrogens is 297 g/mol. The van der Waals surface area contributed by atoms with Gasteiger partial charge in [0.2, 0.25) is 0 Å². The maximum absolute atomic E-state index is 11.8. The molecule has 0 unspecified atom stereocenters. The summed E-state index contributed by atoms with van der Waals surface area (Å²) < 4.78 is 5.21. The number of hydrogen-bond acceptors (Lipinski definition) is 3. The second-order valence-electron chi connectivity index (χ2n) is 4.90. The van der Waals surface area contributed by atoms with Crippen molar-refractivity contribution in [1.29, 1.82) is 0 Å². The molecule has 0 bridgehead atoms. The molecule has 5 heteroatoms. The smallest absolute Gasteiger partial charge is 0.339 e. The van der Waals surface area contributed by atoms with Gasteiger partial charge in [0.05, 0.1) is 10.6 Å². The summed E-state index contributed by atoms with van der Waals surface area (Å²) in [6, 6.07) is 7.54. The Morgan fingerprint density at radius 1 is 1.25 bits per heavy atom. The molecule has 3 nitrogen and oxygen atoms in total. The largest absolute Gasteiger partial charge is 0.461 e. The molecule has 1 aromatic rings. The zero-order chi connectivity index (χ0) is 13.5. The van der Waals surface area contributed by atoms with Crippen molar-refractivity contribution < 1.29 is 9.53 Å². The molecule has 20 heavy (non-hydrogen) atoms. The Balaban J connectivity index is 0.00000200. The fourth-order valence-corrected chi connectivity index (χ4v) is 2.63. The lowest BCUT2D eigenvalue weighted by Crippen LogP contribution is -2.33. The molecule has 0 heterocycles. The molecule has 0 atom stereocenters. The molecule has 1 aliphatic carbocycles. The van der Waals surface area contributed by atoms with Gasteiger partial charge in [-0.15, -0.1) is 12.4 Å². The van der Waals surface area contributed by atoms with Crippen molar-refractivity contribution in [2.24, 2.45) is 0 Å². The van der Waals surface area contributed by atoms with Gasteiger partial charge in [-0.05, 0) is 25.0 Å². The molecule has 0 amide bonds. The molecule has 1 aromatic carbocycles. The van der Waals surface area contributed by atoms with E-state index in [0.29, 0.717) is 29.8 Å². The lowest BCUT2D eigenvalue weighted by Gasteiger charge is -2.22. The molecular formula is C15H21Cl2NO2. The Morgan fingerprint density at radius 2 is 1.95 bits per heavy atom. The third-order valence-corrected chi connectivity index (χ3v) is 3.80. The van der Waals surface area contributed by atoms with Gasteiger partial charge in [-0.25, -0.2) is 4.79 Å². The summed E-state index contributed by atoms with van der Waals surface area (Å²) in [5.41, 5.74) is 0.432. The van der Waals surface area contributed by atoms with E-state index in [-0.39, 0.29) is 18.4 Å². The molecule has 1 fully saturated rings. The Bertz CT molecular complexity index is 420. The predicted molar refractivity (Wildman–Crippen MR) is 83.9 cm³/mol. The van der Waals surface area contributed by atoms with Crippen LogP contribution in [0.3, 0.4) is 0 Å². The van der Waals surface area contributed by atoms with Gasteiger partial charge in [-0.2, -0.15) is 0 Å². The van der Waals surface area contributed by atoms with E-state index in [0.717, 1.165) is 0 Å². The zero-order valence-electron chi connectivity index (χ0n) is 11.4. The molecule has 2 rings (SSSR count). The van der Waals surface area contributed by atoms with Crippen molar-refractivity contribution in [2.45, 2.75) is 38.1 Å². The zero-order valence-corrected chi connectivity index (χ0v) is 13.0. The van der Waals surface area contributed by atoms with Crippen LogP contribution in [-0.4, -0.2) is 25.2 Å². The maximum Gasteiger partial charge on any atom is 0.339 e. The molecule has 1 saturated carbocycles. The number of carbonyl (C=O) groups excluding carboxylic acids is 1. The Morgan fingerprint density at radius 3 is 2.65 bits per heavy atom. The van der Waals surface area contributed by atoms with Crippen LogP contribution in [-0.2, 0) is 4.74 Å². The Hall–Kier alpha value is -0.770. The normalized spacial score (nSPS) is 15.4. The highest BCUT2D eigenvalue weighted by Gasteiger charge is 2.13. The third-order valence-electron chi connectivity index (χ3n) is 3.47. The number of halogens is 2. The van der Waals surface area contributed by atoms with E-state index >= 15 is 0 Å². The van der Waals surface area contributed by atoms with Crippen molar-refractivity contribution in [3.8, 4) is 0 Å². The monoisotopic (exact) mass is 317 g/mol. The van der Waals surface area contributed by atoms with Gasteiger partial charge in [-0.3, -0.25) is 0 Å². The van der Waals surface area contributed by atoms with E-state index in [4.69, 9.17) is 16.3 Å². The molecule has 0 aliphatic heterocycles. The fraction of sp³-hybridized carbons (Fsp3) is 0.533. The fourth-order valence-electron chi connectivity index (χ4n) is 2.42. The number of benzene rings is 1. The second kappa shape index (κ2) is 9.22. The number of ether oxygens (including phenoxy) is 1. The van der Waals surface area contributed by atoms with Crippen molar-refractivity contribution in [3.05, 3.63) is 34.9 Å². The second-order valence-corrected chi connectivity index (χ2v) is 5.31. The quantitative estimate of drug-likeness (QED) is 0.662. The van der Waals surface area contributed by atoms with Crippen molar-refractivity contribution >= 4 is 30.0 Å². The Labute approximate surface area is 131 Å². The van der Waals surface area contributed by atoms with Crippen LogP contribution in [0.25, 0.3) is 0 Å². The average molecular weight is 318 g/mol. The predicted octanol–water partition coefficient (Wildman–Crippen LogP) is 3.84. The van der Waals surface area contributed by atoms with Crippen LogP contribution in [0.2, 0.25) is 5.02 Å². The highest BCUT2D eigenvalue weighted by molar-refractivity contribution is 6.33. The summed E-state index contributed by atoms with van der Waals surface area (Å²) in [6.07, 6.45) is 6.42. The first-order chi connectivity index (χ1) is 9.27. The maximum atomic E-state index is 11.8. The lowest BCUT2D eigenvalue weighted by atomic mass is 9.96. The molecule has 1 aliphatic rings. The molecule has 112 valence electrons. The van der Waals surface area contributed by atoms with Gasteiger partial charge < -0.3 is 10.1 Å². The SMILES string of the molecule is Cl.O=C(OCCNC1CCCCC1)c1ccccc1Cl. The van der Waals surface area contributed by atoms with Crippen LogP contribution in [0.15, 0.2) is 24.3 Å². The molecule has 0 aromatic heterocycles. The van der Waals surface area contributed by atoms with Crippen LogP contribution in [0.1, 0.15) is 42.5 Å². The molecule has 0 radical (unpaired) electrons. The van der Waals surface area contributed by atoms with Crippen LogP contribution in [0.4, 0.5) is 0 Å². The van der Waals surface area contributed by atoms with Crippen molar-refractivity contribution in [3.63, 3.8) is 0 Å². The topological polar surface area (TPSA) is 38.3 Å². The summed E-state index contributed by atoms with van der Waals surface area (Å²) in [5.74, 6) is -0.351. The van der Waals surface area contributed by atoms with Gasteiger partial charge in [0.15, 0.2) is 0 Å². The minimum absolute atomic E-state index is 0. The highest BCUT2D eigenvalue weighted by Crippen LogP contribution is 2.17. The van der Waals surface area contributed by atoms with Gasteiger partial charge >= 0.3 is 5.97 Å². The summed E-state index contributed by atoms with van der Waals surface area (Å²) in [4.78, 5) is 11.8. The summed E-state index contributed by atoms with van der Waals surface area (Å²) >= 11 is 5.94. The van der Waals surface area contributed by atoms with Crippen LogP contribution >= 0.6 is 24.0 Å². The lowest BCUT2D eigenvalue weighted by molar-refractivity contribution is 0.0504. The van der Waals surface area contributed by atoms with Crippen molar-refractivity contribution in [1.82, 2.24) is 5.32 Å². The molecule has 0 saturated heterocycles. The van der Waals surface area contributed by atoms with Crippen LogP contribution in [0, 0.1) is 0 Å². The van der Waals surface area contributed by atoms with E-state index in [1.165, 1.54) is 32.1 Å². The Kier molecular flexibility index (Phi) is 7.97. The standard InChI is InChI=1S/C15H20ClNO2.ClH/c16-14-9-5-4-8-13(14)15(18)19-11-10-17-12-6-2-1-3-7-12;/h4-5,8-9,12,17H,1-3,6-7,10-11H2;1H. The minimum Gasteiger partial charge on any atom is -0.461 e. The van der Waals surface area contributed by atoms with Gasteiger partial charge in [0.1, 0.15) is 6.61 Å². The molecule has 0 spiro atoms. The number of carbonyl (C=O) groups is 1. The third kappa shape index (κ3) is 5.31. The minimum atomic E-state index is -0.351. The van der Waals surface area contributed by atoms with E-state index in [1.54, 1.807) is 24.3 Å². The van der Waals surface area contributed by atoms with Gasteiger partial charge in [0, 0.05) is 12.6 Å². The average Bonchev–Trinajstić information content (AvgIpc) is 2.45. The summed E-state index contributed by atoms with van der Waals surface area (Å²) in [5, 5.41) is 3.87. The number of nitrogens with one attached hydrogen (secondary N) is 1. The van der Waals surface area contributed by atoms with E-state index in [2.05, 4.69) is 5.32 Å². The highest BCUT2D eigenvalue weighted by atomic mass is 35.5. The molecule has 1 N–H and O–H groups in total. The number of hydrogen-bond donors (Lipinski definition) is 1. The summed E-state index contributed by atoms with van der Waals surface area (Å²) in [7, 11) is 0. The van der Waals surface area contributed by atoms with E-state index < -0.39 is 0 Å². The number of rotatable bonds is 5. The van der Waals surface area contributed by atoms with Crippen molar-refractivity contribution in [2.75, 3.05) is 13.2 Å². The first-order valence-electron chi connectivity index (χ1n) is 6.92. The van der Waals surface area contributed by atoms with Gasteiger partial charge in [-0.1, -0.05) is 43.0 Å². The van der Waals surface area contributed by atoms with Crippen LogP contribution < -0.4 is 5.32 Å². The van der Waals surface area contributed by atoms with E-state index in [9.17, 15) is 4.79 Å².